The first kappa shape index (κ1) is 17.6. The molecule has 2 rings (SSSR count). The zero-order valence-electron chi connectivity index (χ0n) is 14.8. The second-order valence-corrected chi connectivity index (χ2v) is 5.53. The Morgan fingerprint density at radius 2 is 1.38 bits per heavy atom. The van der Waals surface area contributed by atoms with Gasteiger partial charge in [-0.1, -0.05) is 68.3 Å². The zero-order chi connectivity index (χ0) is 17.7. The Balaban J connectivity index is 3.35. The van der Waals surface area contributed by atoms with Gasteiger partial charge in [0.1, 0.15) is 0 Å². The molecule has 2 heterocycles. The van der Waals surface area contributed by atoms with Gasteiger partial charge in [0, 0.05) is 16.0 Å². The van der Waals surface area contributed by atoms with Crippen LogP contribution in [0.4, 0.5) is 0 Å². The minimum atomic E-state index is 1.11. The van der Waals surface area contributed by atoms with Gasteiger partial charge < -0.3 is 4.40 Å². The van der Waals surface area contributed by atoms with Crippen molar-refractivity contribution in [1.29, 1.82) is 0 Å². The van der Waals surface area contributed by atoms with Crippen molar-refractivity contribution < 1.29 is 0 Å². The maximum Gasteiger partial charge on any atom is 0.0577 e. The second-order valence-electron chi connectivity index (χ2n) is 5.53. The highest BCUT2D eigenvalue weighted by Gasteiger charge is 2.15. The van der Waals surface area contributed by atoms with Gasteiger partial charge in [-0.25, -0.2) is 0 Å². The molecule has 0 N–H and O–H groups in total. The lowest BCUT2D eigenvalue weighted by Crippen LogP contribution is -2.34. The van der Waals surface area contributed by atoms with Crippen LogP contribution in [0, 0.1) is 6.92 Å². The Kier molecular flexibility index (Phi) is 5.59. The van der Waals surface area contributed by atoms with Gasteiger partial charge in [0.2, 0.25) is 0 Å². The van der Waals surface area contributed by atoms with Crippen molar-refractivity contribution in [2.24, 2.45) is 0 Å². The number of aromatic nitrogens is 1. The number of fused-ring (bicyclic) bond motifs is 1. The SMILES string of the molecule is C=CC=c1c(=CC=C)n2c(/C=C\C)c(/C=C\C)c(C)c2/c1=C\C=C. The monoisotopic (exact) mass is 315 g/mol. The highest BCUT2D eigenvalue weighted by molar-refractivity contribution is 5.79. The highest BCUT2D eigenvalue weighted by atomic mass is 14.9. The number of hydrogen-bond donors (Lipinski definition) is 0. The van der Waals surface area contributed by atoms with Gasteiger partial charge in [0.05, 0.1) is 16.6 Å². The van der Waals surface area contributed by atoms with E-state index in [-0.39, 0.29) is 0 Å². The molecule has 0 amide bonds. The molecule has 2 aromatic rings. The smallest absolute Gasteiger partial charge is 0.0577 e. The van der Waals surface area contributed by atoms with E-state index in [0.717, 1.165) is 15.8 Å². The largest absolute Gasteiger partial charge is 0.308 e. The van der Waals surface area contributed by atoms with Gasteiger partial charge in [0.15, 0.2) is 0 Å². The van der Waals surface area contributed by atoms with Crippen molar-refractivity contribution in [2.75, 3.05) is 0 Å². The Morgan fingerprint density at radius 1 is 0.792 bits per heavy atom. The summed E-state index contributed by atoms with van der Waals surface area (Å²) in [6.07, 6.45) is 20.1. The molecule has 0 aliphatic rings. The first-order chi connectivity index (χ1) is 11.7. The van der Waals surface area contributed by atoms with Crippen molar-refractivity contribution in [1.82, 2.24) is 4.40 Å². The number of allylic oxidation sites excluding steroid dienone is 5. The van der Waals surface area contributed by atoms with Gasteiger partial charge in [-0.2, -0.15) is 0 Å². The molecular weight excluding hydrogens is 290 g/mol. The van der Waals surface area contributed by atoms with Crippen LogP contribution in [0.5, 0.6) is 0 Å². The summed E-state index contributed by atoms with van der Waals surface area (Å²) in [5, 5.41) is 3.41. The molecule has 24 heavy (non-hydrogen) atoms. The lowest BCUT2D eigenvalue weighted by atomic mass is 10.1. The van der Waals surface area contributed by atoms with E-state index in [0.29, 0.717) is 0 Å². The molecule has 0 aliphatic heterocycles. The second kappa shape index (κ2) is 7.65. The summed E-state index contributed by atoms with van der Waals surface area (Å²) >= 11 is 0. The normalized spacial score (nSPS) is 14.5. The topological polar surface area (TPSA) is 4.41 Å². The van der Waals surface area contributed by atoms with E-state index in [2.05, 4.69) is 67.5 Å². The van der Waals surface area contributed by atoms with Crippen LogP contribution in [0.25, 0.3) is 35.9 Å². The molecule has 0 fully saturated rings. The van der Waals surface area contributed by atoms with Gasteiger partial charge in [-0.3, -0.25) is 0 Å². The number of nitrogens with zero attached hydrogens (tertiary/aromatic N) is 1. The molecule has 1 nitrogen and oxygen atoms in total. The predicted molar refractivity (Wildman–Crippen MR) is 110 cm³/mol. The molecule has 0 spiro atoms. The van der Waals surface area contributed by atoms with Gasteiger partial charge in [0.25, 0.3) is 0 Å². The first-order valence-electron chi connectivity index (χ1n) is 8.16. The summed E-state index contributed by atoms with van der Waals surface area (Å²) in [6, 6.07) is 0. The maximum atomic E-state index is 3.89. The highest BCUT2D eigenvalue weighted by Crippen LogP contribution is 2.22. The van der Waals surface area contributed by atoms with Gasteiger partial charge in [-0.15, -0.1) is 0 Å². The fraction of sp³-hybridized carbons (Fsp3) is 0.130. The standard InChI is InChI=1S/C23H25N/c1-7-12-18-17(6)23-20(14-9-3)19(13-8-2)22(16-11-5)24(23)21(18)15-10-4/h7-16H,2-3,5H2,1,4,6H3/b12-7-,15-10-,19-13?,20-14-,22-16?. The van der Waals surface area contributed by atoms with Crippen molar-refractivity contribution >= 4 is 35.9 Å². The Morgan fingerprint density at radius 3 is 1.92 bits per heavy atom. The molecule has 2 aromatic heterocycles. The van der Waals surface area contributed by atoms with Crippen LogP contribution in [0.2, 0.25) is 0 Å². The van der Waals surface area contributed by atoms with Crippen LogP contribution in [-0.2, 0) is 0 Å². The molecule has 122 valence electrons. The van der Waals surface area contributed by atoms with Crippen molar-refractivity contribution in [2.45, 2.75) is 20.8 Å². The number of aryl methyl sites for hydroxylation is 1. The van der Waals surface area contributed by atoms with Crippen LogP contribution in [-0.4, -0.2) is 4.40 Å². The molecule has 0 saturated carbocycles. The summed E-state index contributed by atoms with van der Waals surface area (Å²) in [7, 11) is 0. The average molecular weight is 315 g/mol. The van der Waals surface area contributed by atoms with Crippen LogP contribution >= 0.6 is 0 Å². The Hall–Kier alpha value is -2.80. The summed E-state index contributed by atoms with van der Waals surface area (Å²) in [4.78, 5) is 0. The number of rotatable bonds is 5. The Bertz CT molecular complexity index is 1020. The van der Waals surface area contributed by atoms with E-state index in [9.17, 15) is 0 Å². The Labute approximate surface area is 144 Å². The van der Waals surface area contributed by atoms with Crippen molar-refractivity contribution in [3.8, 4) is 0 Å². The van der Waals surface area contributed by atoms with Gasteiger partial charge in [-0.05, 0) is 38.5 Å². The fourth-order valence-electron chi connectivity index (χ4n) is 3.24. The third-order valence-electron chi connectivity index (χ3n) is 4.06. The molecular formula is C23H25N. The summed E-state index contributed by atoms with van der Waals surface area (Å²) < 4.78 is 2.30. The average Bonchev–Trinajstić information content (AvgIpc) is 2.99. The van der Waals surface area contributed by atoms with E-state index in [1.165, 1.54) is 22.3 Å². The van der Waals surface area contributed by atoms with E-state index >= 15 is 0 Å². The van der Waals surface area contributed by atoms with Gasteiger partial charge >= 0.3 is 0 Å². The molecule has 0 atom stereocenters. The molecule has 0 saturated heterocycles. The third-order valence-corrected chi connectivity index (χ3v) is 4.06. The van der Waals surface area contributed by atoms with Crippen LogP contribution in [0.3, 0.4) is 0 Å². The summed E-state index contributed by atoms with van der Waals surface area (Å²) in [5.74, 6) is 0. The predicted octanol–water partition coefficient (Wildman–Crippen LogP) is 3.93. The molecule has 0 bridgehead atoms. The summed E-state index contributed by atoms with van der Waals surface area (Å²) in [5.41, 5.74) is 4.89. The minimum absolute atomic E-state index is 1.11. The molecule has 0 unspecified atom stereocenters. The number of hydrogen-bond acceptors (Lipinski definition) is 0. The van der Waals surface area contributed by atoms with E-state index < -0.39 is 0 Å². The van der Waals surface area contributed by atoms with Crippen LogP contribution in [0.1, 0.15) is 30.7 Å². The van der Waals surface area contributed by atoms with E-state index in [1.807, 2.05) is 38.2 Å². The van der Waals surface area contributed by atoms with Crippen LogP contribution < -0.4 is 15.8 Å². The molecule has 1 heteroatoms. The quantitative estimate of drug-likeness (QED) is 0.787. The minimum Gasteiger partial charge on any atom is -0.308 e. The lowest BCUT2D eigenvalue weighted by molar-refractivity contribution is 1.14. The summed E-state index contributed by atoms with van der Waals surface area (Å²) in [6.45, 7) is 17.9. The van der Waals surface area contributed by atoms with E-state index in [1.54, 1.807) is 0 Å². The molecule has 0 aliphatic carbocycles. The lowest BCUT2D eigenvalue weighted by Gasteiger charge is -1.98. The fourth-order valence-corrected chi connectivity index (χ4v) is 3.24. The molecule has 0 radical (unpaired) electrons. The first-order valence-corrected chi connectivity index (χ1v) is 8.16. The third kappa shape index (κ3) is 2.74. The van der Waals surface area contributed by atoms with E-state index in [4.69, 9.17) is 0 Å². The van der Waals surface area contributed by atoms with Crippen LogP contribution in [0.15, 0.2) is 50.1 Å². The van der Waals surface area contributed by atoms with Crippen molar-refractivity contribution in [3.05, 3.63) is 82.7 Å². The maximum absolute atomic E-state index is 3.89. The van der Waals surface area contributed by atoms with Crippen molar-refractivity contribution in [3.63, 3.8) is 0 Å². The zero-order valence-corrected chi connectivity index (χ0v) is 14.8. The molecule has 0 aromatic carbocycles.